The number of benzene rings is 1. The van der Waals surface area contributed by atoms with Crippen molar-refractivity contribution in [3.8, 4) is 11.8 Å². The second-order valence-electron chi connectivity index (χ2n) is 6.52. The van der Waals surface area contributed by atoms with Crippen molar-refractivity contribution in [3.63, 3.8) is 0 Å². The van der Waals surface area contributed by atoms with E-state index in [1.807, 2.05) is 10.6 Å². The highest BCUT2D eigenvalue weighted by Crippen LogP contribution is 2.28. The maximum absolute atomic E-state index is 13.4. The Kier molecular flexibility index (Phi) is 5.60. The van der Waals surface area contributed by atoms with E-state index >= 15 is 0 Å². The van der Waals surface area contributed by atoms with Crippen molar-refractivity contribution in [3.05, 3.63) is 53.7 Å². The summed E-state index contributed by atoms with van der Waals surface area (Å²) in [5.74, 6) is 0.513. The van der Waals surface area contributed by atoms with Crippen molar-refractivity contribution in [1.29, 1.82) is 5.26 Å². The predicted octanol–water partition coefficient (Wildman–Crippen LogP) is 3.21. The molecule has 142 valence electrons. The fourth-order valence-corrected chi connectivity index (χ4v) is 3.95. The summed E-state index contributed by atoms with van der Waals surface area (Å²) in [6, 6.07) is 11.6. The number of nitrogens with zero attached hydrogens (tertiary/aromatic N) is 7. The van der Waals surface area contributed by atoms with Crippen molar-refractivity contribution in [1.82, 2.24) is 29.9 Å². The SMILES string of the molecule is N#Cc1ccc(Sc2nnc(CN3CCCCC3)n2-c2ccc(F)cc2)nn1. The van der Waals surface area contributed by atoms with Gasteiger partial charge in [-0.05, 0) is 74.1 Å². The van der Waals surface area contributed by atoms with Crippen LogP contribution in [0.4, 0.5) is 4.39 Å². The van der Waals surface area contributed by atoms with Crippen LogP contribution in [-0.4, -0.2) is 43.0 Å². The summed E-state index contributed by atoms with van der Waals surface area (Å²) in [5.41, 5.74) is 1.05. The van der Waals surface area contributed by atoms with Gasteiger partial charge in [0, 0.05) is 5.69 Å². The number of halogens is 1. The molecule has 3 heterocycles. The van der Waals surface area contributed by atoms with Crippen LogP contribution in [0.3, 0.4) is 0 Å². The quantitative estimate of drug-likeness (QED) is 0.656. The lowest BCUT2D eigenvalue weighted by atomic mass is 10.1. The molecule has 0 unspecified atom stereocenters. The summed E-state index contributed by atoms with van der Waals surface area (Å²) in [5, 5.41) is 26.8. The third-order valence-electron chi connectivity index (χ3n) is 4.55. The van der Waals surface area contributed by atoms with Gasteiger partial charge in [0.15, 0.2) is 11.5 Å². The average Bonchev–Trinajstić information content (AvgIpc) is 3.12. The maximum atomic E-state index is 13.4. The molecule has 4 rings (SSSR count). The van der Waals surface area contributed by atoms with E-state index in [2.05, 4.69) is 25.3 Å². The fourth-order valence-electron chi connectivity index (χ4n) is 3.16. The minimum absolute atomic E-state index is 0.259. The summed E-state index contributed by atoms with van der Waals surface area (Å²) in [6.45, 7) is 2.77. The Bertz CT molecular complexity index is 973. The van der Waals surface area contributed by atoms with Crippen molar-refractivity contribution in [2.45, 2.75) is 36.0 Å². The molecule has 0 spiro atoms. The number of nitriles is 1. The van der Waals surface area contributed by atoms with E-state index in [1.54, 1.807) is 24.3 Å². The molecule has 0 amide bonds. The van der Waals surface area contributed by atoms with Crippen LogP contribution in [0.2, 0.25) is 0 Å². The van der Waals surface area contributed by atoms with E-state index in [0.717, 1.165) is 24.6 Å². The Morgan fingerprint density at radius 3 is 2.43 bits per heavy atom. The molecular weight excluding hydrogens is 377 g/mol. The van der Waals surface area contributed by atoms with Crippen LogP contribution in [0.25, 0.3) is 5.69 Å². The van der Waals surface area contributed by atoms with Gasteiger partial charge in [0.1, 0.15) is 16.9 Å². The second kappa shape index (κ2) is 8.46. The minimum Gasteiger partial charge on any atom is -0.296 e. The smallest absolute Gasteiger partial charge is 0.202 e. The standard InChI is InChI=1S/C19H18FN7S/c20-14-4-7-16(8-5-14)27-17(13-26-10-2-1-3-11-26)23-25-19(27)28-18-9-6-15(12-21)22-24-18/h4-9H,1-3,10-11,13H2. The van der Waals surface area contributed by atoms with Gasteiger partial charge in [-0.2, -0.15) is 5.26 Å². The van der Waals surface area contributed by atoms with Gasteiger partial charge in [0.25, 0.3) is 0 Å². The van der Waals surface area contributed by atoms with Crippen LogP contribution in [-0.2, 0) is 6.54 Å². The van der Waals surface area contributed by atoms with Gasteiger partial charge in [-0.25, -0.2) is 4.39 Å². The summed E-state index contributed by atoms with van der Waals surface area (Å²) >= 11 is 1.31. The molecule has 28 heavy (non-hydrogen) atoms. The van der Waals surface area contributed by atoms with E-state index in [0.29, 0.717) is 16.7 Å². The molecule has 0 radical (unpaired) electrons. The van der Waals surface area contributed by atoms with Crippen LogP contribution in [0.1, 0.15) is 30.8 Å². The van der Waals surface area contributed by atoms with Crippen LogP contribution >= 0.6 is 11.8 Å². The van der Waals surface area contributed by atoms with Gasteiger partial charge in [-0.1, -0.05) is 6.42 Å². The Balaban J connectivity index is 1.66. The first-order chi connectivity index (χ1) is 13.7. The Hall–Kier alpha value is -2.83. The van der Waals surface area contributed by atoms with Crippen LogP contribution in [0.15, 0.2) is 46.6 Å². The molecule has 0 saturated carbocycles. The zero-order valence-corrected chi connectivity index (χ0v) is 15.9. The molecule has 7 nitrogen and oxygen atoms in total. The highest BCUT2D eigenvalue weighted by atomic mass is 32.2. The summed E-state index contributed by atoms with van der Waals surface area (Å²) in [6.07, 6.45) is 3.64. The Morgan fingerprint density at radius 2 is 1.75 bits per heavy atom. The summed E-state index contributed by atoms with van der Waals surface area (Å²) in [4.78, 5) is 2.36. The number of aromatic nitrogens is 5. The first-order valence-corrected chi connectivity index (χ1v) is 9.89. The number of hydrogen-bond donors (Lipinski definition) is 0. The van der Waals surface area contributed by atoms with Crippen molar-refractivity contribution in [2.75, 3.05) is 13.1 Å². The second-order valence-corrected chi connectivity index (χ2v) is 7.51. The molecule has 1 aliphatic heterocycles. The predicted molar refractivity (Wildman–Crippen MR) is 101 cm³/mol. The van der Waals surface area contributed by atoms with Gasteiger partial charge >= 0.3 is 0 Å². The first kappa shape index (κ1) is 18.5. The number of piperidine rings is 1. The molecule has 9 heteroatoms. The van der Waals surface area contributed by atoms with Gasteiger partial charge in [-0.15, -0.1) is 20.4 Å². The summed E-state index contributed by atoms with van der Waals surface area (Å²) < 4.78 is 15.4. The molecule has 0 N–H and O–H groups in total. The lowest BCUT2D eigenvalue weighted by Gasteiger charge is -2.26. The van der Waals surface area contributed by atoms with Gasteiger partial charge in [0.2, 0.25) is 5.16 Å². The van der Waals surface area contributed by atoms with E-state index in [9.17, 15) is 4.39 Å². The Morgan fingerprint density at radius 1 is 0.964 bits per heavy atom. The van der Waals surface area contributed by atoms with E-state index in [-0.39, 0.29) is 11.5 Å². The van der Waals surface area contributed by atoms with Crippen molar-refractivity contribution < 1.29 is 4.39 Å². The molecule has 0 atom stereocenters. The molecular formula is C19H18FN7S. The molecule has 1 fully saturated rings. The van der Waals surface area contributed by atoms with Gasteiger partial charge in [0.05, 0.1) is 6.54 Å². The van der Waals surface area contributed by atoms with E-state index < -0.39 is 0 Å². The van der Waals surface area contributed by atoms with Crippen LogP contribution in [0, 0.1) is 17.1 Å². The normalized spacial score (nSPS) is 14.7. The van der Waals surface area contributed by atoms with Crippen molar-refractivity contribution >= 4 is 11.8 Å². The molecule has 1 aliphatic rings. The van der Waals surface area contributed by atoms with Crippen LogP contribution in [0.5, 0.6) is 0 Å². The zero-order valence-electron chi connectivity index (χ0n) is 15.1. The third kappa shape index (κ3) is 4.18. The fraction of sp³-hybridized carbons (Fsp3) is 0.316. The highest BCUT2D eigenvalue weighted by Gasteiger charge is 2.19. The molecule has 2 aromatic heterocycles. The van der Waals surface area contributed by atoms with E-state index in [1.165, 1.54) is 43.2 Å². The number of hydrogen-bond acceptors (Lipinski definition) is 7. The lowest BCUT2D eigenvalue weighted by Crippen LogP contribution is -2.30. The average molecular weight is 395 g/mol. The van der Waals surface area contributed by atoms with Crippen LogP contribution < -0.4 is 0 Å². The first-order valence-electron chi connectivity index (χ1n) is 9.07. The lowest BCUT2D eigenvalue weighted by molar-refractivity contribution is 0.214. The Labute approximate surface area is 166 Å². The van der Waals surface area contributed by atoms with Gasteiger partial charge < -0.3 is 0 Å². The molecule has 0 aliphatic carbocycles. The zero-order chi connectivity index (χ0) is 19.3. The topological polar surface area (TPSA) is 83.5 Å². The molecule has 3 aromatic rings. The number of rotatable bonds is 5. The summed E-state index contributed by atoms with van der Waals surface area (Å²) in [7, 11) is 0. The minimum atomic E-state index is -0.290. The molecule has 1 saturated heterocycles. The third-order valence-corrected chi connectivity index (χ3v) is 5.42. The number of likely N-dealkylation sites (tertiary alicyclic amines) is 1. The largest absolute Gasteiger partial charge is 0.296 e. The van der Waals surface area contributed by atoms with Crippen molar-refractivity contribution in [2.24, 2.45) is 0 Å². The van der Waals surface area contributed by atoms with Gasteiger partial charge in [-0.3, -0.25) is 9.47 Å². The highest BCUT2D eigenvalue weighted by molar-refractivity contribution is 7.99. The molecule has 1 aromatic carbocycles. The maximum Gasteiger partial charge on any atom is 0.202 e. The monoisotopic (exact) mass is 395 g/mol. The molecule has 0 bridgehead atoms. The van der Waals surface area contributed by atoms with E-state index in [4.69, 9.17) is 5.26 Å².